The minimum atomic E-state index is -3.83. The van der Waals surface area contributed by atoms with Gasteiger partial charge in [-0.15, -0.1) is 6.58 Å². The molecule has 0 aliphatic carbocycles. The van der Waals surface area contributed by atoms with Crippen molar-refractivity contribution in [2.75, 3.05) is 31.7 Å². The molecule has 0 saturated carbocycles. The Bertz CT molecular complexity index is 891. The molecule has 2 aromatic carbocycles. The van der Waals surface area contributed by atoms with Crippen molar-refractivity contribution in [1.82, 2.24) is 0 Å². The lowest BCUT2D eigenvalue weighted by Crippen LogP contribution is -2.31. The summed E-state index contributed by atoms with van der Waals surface area (Å²) in [6.07, 6.45) is 3.17. The molecule has 2 aromatic rings. The van der Waals surface area contributed by atoms with Gasteiger partial charge in [0, 0.05) is 6.07 Å². The highest BCUT2D eigenvalue weighted by Crippen LogP contribution is 2.32. The van der Waals surface area contributed by atoms with Gasteiger partial charge in [0.25, 0.3) is 10.0 Å². The van der Waals surface area contributed by atoms with Crippen molar-refractivity contribution in [2.45, 2.75) is 4.90 Å². The Balaban J connectivity index is 2.42. The molecule has 0 bridgehead atoms. The van der Waals surface area contributed by atoms with Gasteiger partial charge in [-0.1, -0.05) is 18.7 Å². The molecule has 0 N–H and O–H groups in total. The van der Waals surface area contributed by atoms with E-state index in [0.717, 1.165) is 0 Å². The Morgan fingerprint density at radius 1 is 0.963 bits per heavy atom. The zero-order valence-electron chi connectivity index (χ0n) is 15.4. The number of benzene rings is 2. The molecule has 0 heterocycles. The van der Waals surface area contributed by atoms with Gasteiger partial charge >= 0.3 is 0 Å². The van der Waals surface area contributed by atoms with Crippen molar-refractivity contribution >= 4 is 15.7 Å². The van der Waals surface area contributed by atoms with Crippen molar-refractivity contribution in [3.63, 3.8) is 0 Å². The van der Waals surface area contributed by atoms with Crippen LogP contribution in [0.1, 0.15) is 0 Å². The molecule has 7 heteroatoms. The van der Waals surface area contributed by atoms with Crippen LogP contribution in [0.5, 0.6) is 17.2 Å². The van der Waals surface area contributed by atoms with Gasteiger partial charge in [0.15, 0.2) is 11.5 Å². The van der Waals surface area contributed by atoms with Crippen molar-refractivity contribution in [2.24, 2.45) is 0 Å². The summed E-state index contributed by atoms with van der Waals surface area (Å²) >= 11 is 0. The second-order valence-electron chi connectivity index (χ2n) is 5.44. The summed E-state index contributed by atoms with van der Waals surface area (Å²) in [5, 5.41) is 0. The van der Waals surface area contributed by atoms with Gasteiger partial charge in [-0.3, -0.25) is 4.31 Å². The van der Waals surface area contributed by atoms with Crippen LogP contribution in [-0.2, 0) is 10.0 Å². The van der Waals surface area contributed by atoms with Crippen molar-refractivity contribution in [1.29, 1.82) is 0 Å². The minimum Gasteiger partial charge on any atom is -0.493 e. The molecule has 0 fully saturated rings. The van der Waals surface area contributed by atoms with Gasteiger partial charge in [-0.25, -0.2) is 8.42 Å². The van der Waals surface area contributed by atoms with Gasteiger partial charge in [0.05, 0.1) is 31.3 Å². The summed E-state index contributed by atoms with van der Waals surface area (Å²) < 4.78 is 43.5. The number of anilines is 1. The Kier molecular flexibility index (Phi) is 6.90. The van der Waals surface area contributed by atoms with Crippen molar-refractivity contribution in [3.8, 4) is 17.2 Å². The average molecular weight is 389 g/mol. The largest absolute Gasteiger partial charge is 0.493 e. The fourth-order valence-corrected chi connectivity index (χ4v) is 3.88. The van der Waals surface area contributed by atoms with Gasteiger partial charge in [-0.2, -0.15) is 0 Å². The number of hydrogen-bond acceptors (Lipinski definition) is 5. The van der Waals surface area contributed by atoms with Crippen LogP contribution in [0.4, 0.5) is 5.69 Å². The Hall–Kier alpha value is -2.93. The molecule has 0 atom stereocenters. The van der Waals surface area contributed by atoms with E-state index in [-0.39, 0.29) is 11.4 Å². The SMILES string of the molecule is C=CCOc1ccc(N(CC=C)S(=O)(=O)c2ccc(OC)c(OC)c2)cc1. The number of hydrogen-bond donors (Lipinski definition) is 0. The van der Waals surface area contributed by atoms with E-state index in [0.29, 0.717) is 29.5 Å². The number of methoxy groups -OCH3 is 2. The molecule has 0 amide bonds. The third-order valence-electron chi connectivity index (χ3n) is 3.73. The maximum atomic E-state index is 13.2. The highest BCUT2D eigenvalue weighted by atomic mass is 32.2. The third-order valence-corrected chi connectivity index (χ3v) is 5.52. The molecule has 0 unspecified atom stereocenters. The van der Waals surface area contributed by atoms with E-state index >= 15 is 0 Å². The number of sulfonamides is 1. The molecular weight excluding hydrogens is 366 g/mol. The number of ether oxygens (including phenoxy) is 3. The third kappa shape index (κ3) is 4.62. The molecule has 0 radical (unpaired) electrons. The first-order valence-corrected chi connectivity index (χ1v) is 9.61. The highest BCUT2D eigenvalue weighted by molar-refractivity contribution is 7.92. The molecule has 27 heavy (non-hydrogen) atoms. The molecule has 2 rings (SSSR count). The monoisotopic (exact) mass is 389 g/mol. The first-order chi connectivity index (χ1) is 13.0. The molecule has 0 aromatic heterocycles. The van der Waals surface area contributed by atoms with Gasteiger partial charge in [0.2, 0.25) is 0 Å². The summed E-state index contributed by atoms with van der Waals surface area (Å²) in [6, 6.07) is 11.3. The normalized spacial score (nSPS) is 10.7. The van der Waals surface area contributed by atoms with Crippen LogP contribution in [0, 0.1) is 0 Å². The lowest BCUT2D eigenvalue weighted by atomic mass is 10.3. The van der Waals surface area contributed by atoms with Crippen LogP contribution in [-0.4, -0.2) is 35.8 Å². The lowest BCUT2D eigenvalue weighted by Gasteiger charge is -2.24. The Morgan fingerprint density at radius 2 is 1.63 bits per heavy atom. The van der Waals surface area contributed by atoms with Crippen LogP contribution in [0.2, 0.25) is 0 Å². The second-order valence-corrected chi connectivity index (χ2v) is 7.30. The number of rotatable bonds is 10. The number of nitrogens with zero attached hydrogens (tertiary/aromatic N) is 1. The maximum Gasteiger partial charge on any atom is 0.264 e. The molecule has 0 aliphatic rings. The maximum absolute atomic E-state index is 13.2. The van der Waals surface area contributed by atoms with E-state index in [9.17, 15) is 8.42 Å². The predicted octanol–water partition coefficient (Wildman–Crippen LogP) is 3.65. The van der Waals surface area contributed by atoms with Crippen molar-refractivity contribution in [3.05, 3.63) is 67.8 Å². The summed E-state index contributed by atoms with van der Waals surface area (Å²) in [7, 11) is -0.886. The second kappa shape index (κ2) is 9.14. The van der Waals surface area contributed by atoms with E-state index < -0.39 is 10.0 Å². The van der Waals surface area contributed by atoms with Crippen LogP contribution in [0.25, 0.3) is 0 Å². The fourth-order valence-electron chi connectivity index (χ4n) is 2.43. The van der Waals surface area contributed by atoms with Crippen molar-refractivity contribution < 1.29 is 22.6 Å². The van der Waals surface area contributed by atoms with E-state index in [1.54, 1.807) is 36.4 Å². The highest BCUT2D eigenvalue weighted by Gasteiger charge is 2.25. The molecule has 0 aliphatic heterocycles. The van der Waals surface area contributed by atoms with Crippen LogP contribution < -0.4 is 18.5 Å². The molecule has 0 saturated heterocycles. The topological polar surface area (TPSA) is 65.1 Å². The Morgan fingerprint density at radius 3 is 2.19 bits per heavy atom. The lowest BCUT2D eigenvalue weighted by molar-refractivity contribution is 0.354. The van der Waals surface area contributed by atoms with Crippen LogP contribution >= 0.6 is 0 Å². The standard InChI is InChI=1S/C20H23NO5S/c1-5-13-21(16-7-9-17(10-8-16)26-14-6-2)27(22,23)18-11-12-19(24-3)20(15-18)25-4/h5-12,15H,1-2,13-14H2,3-4H3. The van der Waals surface area contributed by atoms with Crippen LogP contribution in [0.3, 0.4) is 0 Å². The molecule has 0 spiro atoms. The molecular formula is C20H23NO5S. The fraction of sp³-hybridized carbons (Fsp3) is 0.200. The molecule has 6 nitrogen and oxygen atoms in total. The minimum absolute atomic E-state index is 0.0917. The predicted molar refractivity (Wildman–Crippen MR) is 106 cm³/mol. The van der Waals surface area contributed by atoms with E-state index in [1.807, 2.05) is 0 Å². The summed E-state index contributed by atoms with van der Waals surface area (Å²) in [6.45, 7) is 7.75. The Labute approximate surface area is 160 Å². The first kappa shape index (κ1) is 20.4. The van der Waals surface area contributed by atoms with Gasteiger partial charge in [0.1, 0.15) is 12.4 Å². The zero-order valence-corrected chi connectivity index (χ0v) is 16.2. The molecule has 144 valence electrons. The summed E-state index contributed by atoms with van der Waals surface area (Å²) in [5.74, 6) is 1.42. The van der Waals surface area contributed by atoms with Crippen LogP contribution in [0.15, 0.2) is 72.7 Å². The zero-order chi connectivity index (χ0) is 19.9. The van der Waals surface area contributed by atoms with E-state index in [4.69, 9.17) is 14.2 Å². The van der Waals surface area contributed by atoms with Gasteiger partial charge < -0.3 is 14.2 Å². The van der Waals surface area contributed by atoms with E-state index in [1.165, 1.54) is 36.7 Å². The summed E-state index contributed by atoms with van der Waals surface area (Å²) in [5.41, 5.74) is 0.496. The first-order valence-electron chi connectivity index (χ1n) is 8.17. The van der Waals surface area contributed by atoms with Gasteiger partial charge in [-0.05, 0) is 36.4 Å². The summed E-state index contributed by atoms with van der Waals surface area (Å²) in [4.78, 5) is 0.0917. The van der Waals surface area contributed by atoms with E-state index in [2.05, 4.69) is 13.2 Å². The smallest absolute Gasteiger partial charge is 0.264 e. The quantitative estimate of drug-likeness (QED) is 0.581. The average Bonchev–Trinajstić information content (AvgIpc) is 2.70.